The zero-order valence-electron chi connectivity index (χ0n) is 17.9. The van der Waals surface area contributed by atoms with Crippen LogP contribution in [0.2, 0.25) is 5.02 Å². The van der Waals surface area contributed by atoms with E-state index in [-0.39, 0.29) is 24.3 Å². The normalized spacial score (nSPS) is 15.4. The van der Waals surface area contributed by atoms with Gasteiger partial charge in [0.25, 0.3) is 0 Å². The van der Waals surface area contributed by atoms with Gasteiger partial charge in [-0.15, -0.1) is 0 Å². The fourth-order valence-electron chi connectivity index (χ4n) is 4.06. The first-order valence-corrected chi connectivity index (χ1v) is 11.2. The van der Waals surface area contributed by atoms with Crippen LogP contribution in [-0.2, 0) is 22.6 Å². The summed E-state index contributed by atoms with van der Waals surface area (Å²) in [5.74, 6) is -0.141. The summed E-state index contributed by atoms with van der Waals surface area (Å²) in [4.78, 5) is 28.0. The van der Waals surface area contributed by atoms with Crippen molar-refractivity contribution in [3.05, 3.63) is 70.2 Å². The predicted molar refractivity (Wildman–Crippen MR) is 121 cm³/mol. The summed E-state index contributed by atoms with van der Waals surface area (Å²) in [6.45, 7) is 4.17. The summed E-state index contributed by atoms with van der Waals surface area (Å²) in [5.41, 5.74) is 2.98. The van der Waals surface area contributed by atoms with E-state index >= 15 is 0 Å². The average molecular weight is 427 g/mol. The summed E-state index contributed by atoms with van der Waals surface area (Å²) >= 11 is 6.15. The first-order chi connectivity index (χ1) is 14.4. The molecule has 3 rings (SSSR count). The predicted octanol–water partition coefficient (Wildman–Crippen LogP) is 5.06. The molecule has 160 valence electrons. The summed E-state index contributed by atoms with van der Waals surface area (Å²) in [5, 5.41) is 3.79. The molecule has 1 saturated carbocycles. The van der Waals surface area contributed by atoms with Crippen LogP contribution < -0.4 is 5.32 Å². The average Bonchev–Trinajstić information content (AvgIpc) is 2.74. The van der Waals surface area contributed by atoms with E-state index in [0.717, 1.165) is 42.4 Å². The molecule has 0 saturated heterocycles. The van der Waals surface area contributed by atoms with Crippen molar-refractivity contribution in [2.45, 2.75) is 71.0 Å². The van der Waals surface area contributed by atoms with Gasteiger partial charge in [-0.1, -0.05) is 67.3 Å². The molecule has 0 unspecified atom stereocenters. The summed E-state index contributed by atoms with van der Waals surface area (Å²) in [6, 6.07) is 15.0. The quantitative estimate of drug-likeness (QED) is 0.672. The van der Waals surface area contributed by atoms with Gasteiger partial charge in [0.1, 0.15) is 6.04 Å². The number of nitrogens with zero attached hydrogens (tertiary/aromatic N) is 1. The van der Waals surface area contributed by atoms with Gasteiger partial charge in [0.15, 0.2) is 0 Å². The molecule has 0 spiro atoms. The number of rotatable bonds is 7. The third kappa shape index (κ3) is 6.09. The largest absolute Gasteiger partial charge is 0.352 e. The highest BCUT2D eigenvalue weighted by Gasteiger charge is 2.28. The highest BCUT2D eigenvalue weighted by atomic mass is 35.5. The van der Waals surface area contributed by atoms with Crippen LogP contribution in [-0.4, -0.2) is 28.8 Å². The van der Waals surface area contributed by atoms with Gasteiger partial charge in [-0.2, -0.15) is 0 Å². The highest BCUT2D eigenvalue weighted by molar-refractivity contribution is 6.30. The molecule has 0 bridgehead atoms. The van der Waals surface area contributed by atoms with E-state index in [2.05, 4.69) is 5.32 Å². The van der Waals surface area contributed by atoms with Gasteiger partial charge >= 0.3 is 0 Å². The number of halogens is 1. The van der Waals surface area contributed by atoms with Crippen molar-refractivity contribution in [3.8, 4) is 0 Å². The standard InChI is InChI=1S/C25H31ClN2O2/c1-18-9-6-7-11-21(18)16-24(29)28(17-20-10-8-12-22(26)15-20)19(2)25(30)27-23-13-4-3-5-14-23/h6-12,15,19,23H,3-5,13-14,16-17H2,1-2H3,(H,27,30)/t19-/m0/s1. The molecular weight excluding hydrogens is 396 g/mol. The molecule has 1 aliphatic carbocycles. The van der Waals surface area contributed by atoms with E-state index in [0.29, 0.717) is 11.6 Å². The van der Waals surface area contributed by atoms with Crippen molar-refractivity contribution in [1.29, 1.82) is 0 Å². The van der Waals surface area contributed by atoms with Crippen molar-refractivity contribution in [2.24, 2.45) is 0 Å². The molecule has 2 aromatic rings. The van der Waals surface area contributed by atoms with E-state index in [1.807, 2.05) is 62.4 Å². The van der Waals surface area contributed by atoms with E-state index in [4.69, 9.17) is 11.6 Å². The van der Waals surface area contributed by atoms with Crippen LogP contribution in [0.5, 0.6) is 0 Å². The highest BCUT2D eigenvalue weighted by Crippen LogP contribution is 2.20. The first kappa shape index (κ1) is 22.4. The van der Waals surface area contributed by atoms with E-state index in [1.54, 1.807) is 4.90 Å². The lowest BCUT2D eigenvalue weighted by Gasteiger charge is -2.31. The Hall–Kier alpha value is -2.33. The fourth-order valence-corrected chi connectivity index (χ4v) is 4.27. The number of carbonyl (C=O) groups is 2. The van der Waals surface area contributed by atoms with Crippen LogP contribution >= 0.6 is 11.6 Å². The minimum Gasteiger partial charge on any atom is -0.352 e. The van der Waals surface area contributed by atoms with Crippen LogP contribution in [0.15, 0.2) is 48.5 Å². The molecule has 2 aromatic carbocycles. The molecule has 0 aliphatic heterocycles. The maximum absolute atomic E-state index is 13.3. The second kappa shape index (κ2) is 10.6. The lowest BCUT2D eigenvalue weighted by molar-refractivity contribution is -0.140. The Labute approximate surface area is 184 Å². The lowest BCUT2D eigenvalue weighted by Crippen LogP contribution is -2.50. The maximum atomic E-state index is 13.3. The Kier molecular flexibility index (Phi) is 7.92. The van der Waals surface area contributed by atoms with Crippen LogP contribution in [0.1, 0.15) is 55.7 Å². The molecule has 2 amide bonds. The second-order valence-electron chi connectivity index (χ2n) is 8.27. The van der Waals surface area contributed by atoms with Crippen LogP contribution in [0.25, 0.3) is 0 Å². The molecule has 1 atom stereocenters. The van der Waals surface area contributed by atoms with Gasteiger partial charge < -0.3 is 10.2 Å². The van der Waals surface area contributed by atoms with Gasteiger partial charge in [0.2, 0.25) is 11.8 Å². The molecule has 0 heterocycles. The second-order valence-corrected chi connectivity index (χ2v) is 8.71. The van der Waals surface area contributed by atoms with E-state index in [1.165, 1.54) is 6.42 Å². The SMILES string of the molecule is Cc1ccccc1CC(=O)N(Cc1cccc(Cl)c1)[C@@H](C)C(=O)NC1CCCCC1. The Morgan fingerprint density at radius 3 is 2.53 bits per heavy atom. The van der Waals surface area contributed by atoms with Crippen molar-refractivity contribution in [2.75, 3.05) is 0 Å². The summed E-state index contributed by atoms with van der Waals surface area (Å²) in [7, 11) is 0. The van der Waals surface area contributed by atoms with Gasteiger partial charge in [0, 0.05) is 17.6 Å². The number of hydrogen-bond donors (Lipinski definition) is 1. The number of nitrogens with one attached hydrogen (secondary N) is 1. The topological polar surface area (TPSA) is 49.4 Å². The van der Waals surface area contributed by atoms with Crippen molar-refractivity contribution >= 4 is 23.4 Å². The smallest absolute Gasteiger partial charge is 0.242 e. The number of carbonyl (C=O) groups excluding carboxylic acids is 2. The molecule has 1 aliphatic rings. The van der Waals surface area contributed by atoms with Gasteiger partial charge in [-0.05, 0) is 55.5 Å². The van der Waals surface area contributed by atoms with Crippen LogP contribution in [0, 0.1) is 6.92 Å². The zero-order chi connectivity index (χ0) is 21.5. The molecule has 30 heavy (non-hydrogen) atoms. The Morgan fingerprint density at radius 2 is 1.83 bits per heavy atom. The number of hydrogen-bond acceptors (Lipinski definition) is 2. The molecule has 5 heteroatoms. The maximum Gasteiger partial charge on any atom is 0.242 e. The Bertz CT molecular complexity index is 877. The Morgan fingerprint density at radius 1 is 1.10 bits per heavy atom. The fraction of sp³-hybridized carbons (Fsp3) is 0.440. The molecule has 1 N–H and O–H groups in total. The molecule has 4 nitrogen and oxygen atoms in total. The van der Waals surface area contributed by atoms with E-state index < -0.39 is 6.04 Å². The molecule has 0 aromatic heterocycles. The van der Waals surface area contributed by atoms with Crippen molar-refractivity contribution in [1.82, 2.24) is 10.2 Å². The Balaban J connectivity index is 1.77. The zero-order valence-corrected chi connectivity index (χ0v) is 18.6. The van der Waals surface area contributed by atoms with Crippen LogP contribution in [0.4, 0.5) is 0 Å². The summed E-state index contributed by atoms with van der Waals surface area (Å²) < 4.78 is 0. The third-order valence-electron chi connectivity index (χ3n) is 5.96. The minimum absolute atomic E-state index is 0.0597. The van der Waals surface area contributed by atoms with Crippen LogP contribution in [0.3, 0.4) is 0 Å². The monoisotopic (exact) mass is 426 g/mol. The van der Waals surface area contributed by atoms with E-state index in [9.17, 15) is 9.59 Å². The molecule has 0 radical (unpaired) electrons. The third-order valence-corrected chi connectivity index (χ3v) is 6.20. The van der Waals surface area contributed by atoms with Gasteiger partial charge in [0.05, 0.1) is 6.42 Å². The lowest BCUT2D eigenvalue weighted by atomic mass is 9.95. The number of amides is 2. The number of aryl methyl sites for hydroxylation is 1. The summed E-state index contributed by atoms with van der Waals surface area (Å²) in [6.07, 6.45) is 5.84. The minimum atomic E-state index is -0.553. The van der Waals surface area contributed by atoms with Gasteiger partial charge in [-0.25, -0.2) is 0 Å². The molecular formula is C25H31ClN2O2. The van der Waals surface area contributed by atoms with Crippen molar-refractivity contribution in [3.63, 3.8) is 0 Å². The number of benzene rings is 2. The van der Waals surface area contributed by atoms with Gasteiger partial charge in [-0.3, -0.25) is 9.59 Å². The van der Waals surface area contributed by atoms with Crippen molar-refractivity contribution < 1.29 is 9.59 Å². The first-order valence-electron chi connectivity index (χ1n) is 10.8. The molecule has 1 fully saturated rings.